The van der Waals surface area contributed by atoms with E-state index in [2.05, 4.69) is 4.98 Å². The summed E-state index contributed by atoms with van der Waals surface area (Å²) in [6.45, 7) is 0. The van der Waals surface area contributed by atoms with Gasteiger partial charge in [0.1, 0.15) is 5.52 Å². The number of fused-ring (bicyclic) bond motifs is 2. The van der Waals surface area contributed by atoms with Crippen molar-refractivity contribution < 1.29 is 4.42 Å². The highest BCUT2D eigenvalue weighted by atomic mass is 32.2. The zero-order valence-corrected chi connectivity index (χ0v) is 14.2. The van der Waals surface area contributed by atoms with Crippen molar-refractivity contribution >= 4 is 33.8 Å². The van der Waals surface area contributed by atoms with E-state index in [-0.39, 0.29) is 11.6 Å². The molecule has 0 amide bonds. The molecular formula is C19H15N3O2S. The van der Waals surface area contributed by atoms with Gasteiger partial charge in [0.25, 0.3) is 5.56 Å². The SMILES string of the molecule is O=c1c2ccccc2nc(SCc2nc3ccccc3o2)n1C1CC1. The van der Waals surface area contributed by atoms with Gasteiger partial charge in [0, 0.05) is 6.04 Å². The number of benzene rings is 2. The van der Waals surface area contributed by atoms with Crippen molar-refractivity contribution in [3.63, 3.8) is 0 Å². The van der Waals surface area contributed by atoms with Crippen LogP contribution in [0.1, 0.15) is 24.8 Å². The maximum atomic E-state index is 12.9. The lowest BCUT2D eigenvalue weighted by molar-refractivity contribution is 0.554. The molecule has 2 aromatic carbocycles. The van der Waals surface area contributed by atoms with Crippen LogP contribution in [0.5, 0.6) is 0 Å². The first kappa shape index (κ1) is 14.7. The van der Waals surface area contributed by atoms with Crippen LogP contribution in [0.25, 0.3) is 22.0 Å². The Kier molecular flexibility index (Phi) is 3.38. The van der Waals surface area contributed by atoms with Gasteiger partial charge in [-0.1, -0.05) is 36.0 Å². The molecule has 2 aromatic heterocycles. The molecule has 1 aliphatic rings. The summed E-state index contributed by atoms with van der Waals surface area (Å²) < 4.78 is 7.62. The smallest absolute Gasteiger partial charge is 0.262 e. The zero-order valence-electron chi connectivity index (χ0n) is 13.4. The minimum atomic E-state index is 0.0492. The summed E-state index contributed by atoms with van der Waals surface area (Å²) in [6, 6.07) is 15.5. The molecule has 0 saturated heterocycles. The number of aromatic nitrogens is 3. The van der Waals surface area contributed by atoms with Crippen LogP contribution in [-0.4, -0.2) is 14.5 Å². The molecule has 1 aliphatic carbocycles. The Morgan fingerprint density at radius 3 is 2.60 bits per heavy atom. The lowest BCUT2D eigenvalue weighted by Crippen LogP contribution is -2.22. The standard InChI is InChI=1S/C19H15N3O2S/c23-18-13-5-1-2-6-14(13)21-19(22(18)12-9-10-12)25-11-17-20-15-7-3-4-8-16(15)24-17/h1-8,12H,9-11H2. The Bertz CT molecular complexity index is 1110. The van der Waals surface area contributed by atoms with Gasteiger partial charge in [-0.3, -0.25) is 9.36 Å². The Morgan fingerprint density at radius 1 is 1.04 bits per heavy atom. The molecule has 25 heavy (non-hydrogen) atoms. The molecule has 5 nitrogen and oxygen atoms in total. The van der Waals surface area contributed by atoms with E-state index in [4.69, 9.17) is 9.40 Å². The highest BCUT2D eigenvalue weighted by Gasteiger charge is 2.28. The second-order valence-electron chi connectivity index (χ2n) is 6.18. The summed E-state index contributed by atoms with van der Waals surface area (Å²) in [5, 5.41) is 1.43. The van der Waals surface area contributed by atoms with Crippen LogP contribution in [0.4, 0.5) is 0 Å². The normalized spacial score (nSPS) is 14.4. The van der Waals surface area contributed by atoms with Gasteiger partial charge in [-0.15, -0.1) is 0 Å². The van der Waals surface area contributed by atoms with Gasteiger partial charge in [0.05, 0.1) is 16.7 Å². The van der Waals surface area contributed by atoms with Crippen LogP contribution >= 0.6 is 11.8 Å². The van der Waals surface area contributed by atoms with E-state index in [1.165, 1.54) is 11.8 Å². The van der Waals surface area contributed by atoms with Gasteiger partial charge in [0.15, 0.2) is 10.7 Å². The number of hydrogen-bond acceptors (Lipinski definition) is 5. The topological polar surface area (TPSA) is 60.9 Å². The molecule has 1 fully saturated rings. The largest absolute Gasteiger partial charge is 0.440 e. The van der Waals surface area contributed by atoms with E-state index < -0.39 is 0 Å². The lowest BCUT2D eigenvalue weighted by atomic mass is 10.2. The summed E-state index contributed by atoms with van der Waals surface area (Å²) >= 11 is 1.51. The maximum absolute atomic E-state index is 12.9. The van der Waals surface area contributed by atoms with Crippen molar-refractivity contribution in [2.24, 2.45) is 0 Å². The molecule has 0 bridgehead atoms. The van der Waals surface area contributed by atoms with Gasteiger partial charge in [-0.25, -0.2) is 9.97 Å². The molecule has 4 aromatic rings. The van der Waals surface area contributed by atoms with E-state index in [0.29, 0.717) is 17.0 Å². The van der Waals surface area contributed by atoms with Crippen LogP contribution < -0.4 is 5.56 Å². The van der Waals surface area contributed by atoms with Crippen molar-refractivity contribution in [3.05, 3.63) is 64.8 Å². The van der Waals surface area contributed by atoms with Gasteiger partial charge < -0.3 is 4.42 Å². The molecule has 1 saturated carbocycles. The van der Waals surface area contributed by atoms with Crippen LogP contribution in [0, 0.1) is 0 Å². The summed E-state index contributed by atoms with van der Waals surface area (Å²) in [4.78, 5) is 22.1. The Balaban J connectivity index is 1.53. The fourth-order valence-electron chi connectivity index (χ4n) is 2.99. The number of oxazole rings is 1. The third-order valence-corrected chi connectivity index (χ3v) is 5.29. The molecule has 0 aliphatic heterocycles. The summed E-state index contributed by atoms with van der Waals surface area (Å²) in [5.74, 6) is 1.20. The average Bonchev–Trinajstić information content (AvgIpc) is 3.38. The fraction of sp³-hybridized carbons (Fsp3) is 0.211. The number of hydrogen-bond donors (Lipinski definition) is 0. The van der Waals surface area contributed by atoms with Crippen LogP contribution in [-0.2, 0) is 5.75 Å². The zero-order chi connectivity index (χ0) is 16.8. The summed E-state index contributed by atoms with van der Waals surface area (Å²) in [5.41, 5.74) is 2.42. The highest BCUT2D eigenvalue weighted by molar-refractivity contribution is 7.98. The van der Waals surface area contributed by atoms with Gasteiger partial charge in [-0.05, 0) is 37.1 Å². The van der Waals surface area contributed by atoms with E-state index >= 15 is 0 Å². The van der Waals surface area contributed by atoms with Crippen LogP contribution in [0.2, 0.25) is 0 Å². The third kappa shape index (κ3) is 2.62. The number of nitrogens with zero attached hydrogens (tertiary/aromatic N) is 3. The van der Waals surface area contributed by atoms with Crippen molar-refractivity contribution in [2.45, 2.75) is 29.8 Å². The second-order valence-corrected chi connectivity index (χ2v) is 7.12. The third-order valence-electron chi connectivity index (χ3n) is 4.35. The fourth-order valence-corrected chi connectivity index (χ4v) is 3.90. The lowest BCUT2D eigenvalue weighted by Gasteiger charge is -2.11. The molecule has 6 heteroatoms. The van der Waals surface area contributed by atoms with Crippen LogP contribution in [0.3, 0.4) is 0 Å². The van der Waals surface area contributed by atoms with Crippen molar-refractivity contribution in [1.82, 2.24) is 14.5 Å². The number of rotatable bonds is 4. The predicted molar refractivity (Wildman–Crippen MR) is 97.8 cm³/mol. The molecule has 124 valence electrons. The molecule has 0 atom stereocenters. The Labute approximate surface area is 147 Å². The Hall–Kier alpha value is -2.60. The average molecular weight is 349 g/mol. The highest BCUT2D eigenvalue weighted by Crippen LogP contribution is 2.37. The van der Waals surface area contributed by atoms with Gasteiger partial charge >= 0.3 is 0 Å². The van der Waals surface area contributed by atoms with Gasteiger partial charge in [-0.2, -0.15) is 0 Å². The molecule has 0 unspecified atom stereocenters. The van der Waals surface area contributed by atoms with E-state index in [1.54, 1.807) is 0 Å². The molecule has 5 rings (SSSR count). The first-order valence-electron chi connectivity index (χ1n) is 8.28. The minimum absolute atomic E-state index is 0.0492. The maximum Gasteiger partial charge on any atom is 0.262 e. The molecule has 0 radical (unpaired) electrons. The first-order valence-corrected chi connectivity index (χ1v) is 9.27. The van der Waals surface area contributed by atoms with E-state index in [1.807, 2.05) is 53.1 Å². The monoisotopic (exact) mass is 349 g/mol. The van der Waals surface area contributed by atoms with Crippen molar-refractivity contribution in [1.29, 1.82) is 0 Å². The minimum Gasteiger partial charge on any atom is -0.440 e. The van der Waals surface area contributed by atoms with Crippen LogP contribution in [0.15, 0.2) is 62.9 Å². The Morgan fingerprint density at radius 2 is 1.80 bits per heavy atom. The molecular weight excluding hydrogens is 334 g/mol. The molecule has 0 N–H and O–H groups in total. The predicted octanol–water partition coefficient (Wildman–Crippen LogP) is 4.16. The number of thioether (sulfide) groups is 1. The van der Waals surface area contributed by atoms with E-state index in [0.717, 1.165) is 34.6 Å². The summed E-state index contributed by atoms with van der Waals surface area (Å²) in [6.07, 6.45) is 2.08. The van der Waals surface area contributed by atoms with Crippen molar-refractivity contribution in [3.8, 4) is 0 Å². The second kappa shape index (κ2) is 5.74. The first-order chi connectivity index (χ1) is 12.3. The van der Waals surface area contributed by atoms with Gasteiger partial charge in [0.2, 0.25) is 5.89 Å². The molecule has 0 spiro atoms. The number of para-hydroxylation sites is 3. The summed E-state index contributed by atoms with van der Waals surface area (Å²) in [7, 11) is 0. The van der Waals surface area contributed by atoms with E-state index in [9.17, 15) is 4.79 Å². The molecule has 2 heterocycles. The van der Waals surface area contributed by atoms with Crippen molar-refractivity contribution in [2.75, 3.05) is 0 Å². The quantitative estimate of drug-likeness (QED) is 0.409.